The highest BCUT2D eigenvalue weighted by molar-refractivity contribution is 14.0. The van der Waals surface area contributed by atoms with Gasteiger partial charge in [-0.3, -0.25) is 9.89 Å². The summed E-state index contributed by atoms with van der Waals surface area (Å²) in [6.07, 6.45) is 4.07. The molecule has 1 aromatic carbocycles. The number of ether oxygens (including phenoxy) is 1. The number of guanidine groups is 1. The molecule has 0 bridgehead atoms. The molecule has 0 amide bonds. The first-order chi connectivity index (χ1) is 13.1. The molecule has 1 aromatic rings. The van der Waals surface area contributed by atoms with Crippen molar-refractivity contribution in [1.29, 1.82) is 0 Å². The molecule has 2 N–H and O–H groups in total. The first-order valence-electron chi connectivity index (χ1n) is 9.85. The quantitative estimate of drug-likeness (QED) is 0.336. The summed E-state index contributed by atoms with van der Waals surface area (Å²) >= 11 is 0. The number of hydrogen-bond acceptors (Lipinski definition) is 3. The zero-order chi connectivity index (χ0) is 19.1. The highest BCUT2D eigenvalue weighted by atomic mass is 127. The standard InChI is InChI=1S/C20H30F2N4O.HI/c1-23-20(25-16-9-10-26(13-16)17-6-2-3-7-17)24-12-15-5-4-8-18(11-15)27-14-19(21)22;/h4-5,8,11,16-17,19H,2-3,6-7,9-10,12-14H2,1H3,(H2,23,24,25);1H. The van der Waals surface area contributed by atoms with E-state index in [-0.39, 0.29) is 24.0 Å². The molecule has 1 saturated heterocycles. The Balaban J connectivity index is 0.00000280. The van der Waals surface area contributed by atoms with Gasteiger partial charge in [-0.1, -0.05) is 25.0 Å². The van der Waals surface area contributed by atoms with Gasteiger partial charge < -0.3 is 15.4 Å². The van der Waals surface area contributed by atoms with Crippen LogP contribution in [0.2, 0.25) is 0 Å². The van der Waals surface area contributed by atoms with Gasteiger partial charge in [-0.05, 0) is 37.0 Å². The van der Waals surface area contributed by atoms with Gasteiger partial charge in [0, 0.05) is 38.8 Å². The van der Waals surface area contributed by atoms with E-state index in [9.17, 15) is 8.78 Å². The van der Waals surface area contributed by atoms with Crippen LogP contribution in [0, 0.1) is 0 Å². The lowest BCUT2D eigenvalue weighted by Crippen LogP contribution is -2.45. The van der Waals surface area contributed by atoms with Crippen molar-refractivity contribution in [3.8, 4) is 5.75 Å². The van der Waals surface area contributed by atoms with Gasteiger partial charge >= 0.3 is 0 Å². The summed E-state index contributed by atoms with van der Waals surface area (Å²) in [4.78, 5) is 6.93. The predicted octanol–water partition coefficient (Wildman–Crippen LogP) is 3.63. The van der Waals surface area contributed by atoms with Gasteiger partial charge in [0.25, 0.3) is 6.43 Å². The highest BCUT2D eigenvalue weighted by Crippen LogP contribution is 2.26. The average Bonchev–Trinajstić information content (AvgIpc) is 3.35. The second-order valence-electron chi connectivity index (χ2n) is 7.34. The first-order valence-corrected chi connectivity index (χ1v) is 9.85. The summed E-state index contributed by atoms with van der Waals surface area (Å²) in [5, 5.41) is 6.82. The van der Waals surface area contributed by atoms with Gasteiger partial charge in [0.1, 0.15) is 12.4 Å². The third-order valence-corrected chi connectivity index (χ3v) is 5.36. The van der Waals surface area contributed by atoms with Gasteiger partial charge in [-0.15, -0.1) is 24.0 Å². The molecule has 2 aliphatic rings. The summed E-state index contributed by atoms with van der Waals surface area (Å²) in [6.45, 7) is 2.20. The topological polar surface area (TPSA) is 48.9 Å². The molecule has 0 spiro atoms. The van der Waals surface area contributed by atoms with E-state index in [4.69, 9.17) is 4.74 Å². The minimum atomic E-state index is -2.47. The molecular formula is C20H31F2IN4O. The molecule has 28 heavy (non-hydrogen) atoms. The van der Waals surface area contributed by atoms with Crippen molar-refractivity contribution in [3.63, 3.8) is 0 Å². The number of nitrogens with one attached hydrogen (secondary N) is 2. The number of aliphatic imine (C=N–C) groups is 1. The van der Waals surface area contributed by atoms with Crippen LogP contribution >= 0.6 is 24.0 Å². The monoisotopic (exact) mass is 508 g/mol. The van der Waals surface area contributed by atoms with E-state index in [2.05, 4.69) is 20.5 Å². The average molecular weight is 508 g/mol. The zero-order valence-corrected chi connectivity index (χ0v) is 18.7. The van der Waals surface area contributed by atoms with Crippen molar-refractivity contribution in [3.05, 3.63) is 29.8 Å². The lowest BCUT2D eigenvalue weighted by Gasteiger charge is -2.24. The fourth-order valence-corrected chi connectivity index (χ4v) is 3.98. The minimum Gasteiger partial charge on any atom is -0.488 e. The molecule has 1 aliphatic carbocycles. The molecule has 8 heteroatoms. The Labute approximate surface area is 183 Å². The summed E-state index contributed by atoms with van der Waals surface area (Å²) in [5.74, 6) is 1.23. The number of alkyl halides is 2. The van der Waals surface area contributed by atoms with Crippen molar-refractivity contribution < 1.29 is 13.5 Å². The van der Waals surface area contributed by atoms with Gasteiger partial charge in [0.2, 0.25) is 0 Å². The zero-order valence-electron chi connectivity index (χ0n) is 16.4. The van der Waals surface area contributed by atoms with Crippen molar-refractivity contribution in [2.24, 2.45) is 4.99 Å². The Morgan fingerprint density at radius 1 is 1.29 bits per heavy atom. The normalized spacial score (nSPS) is 21.0. The van der Waals surface area contributed by atoms with E-state index < -0.39 is 13.0 Å². The summed E-state index contributed by atoms with van der Waals surface area (Å²) in [6, 6.07) is 8.40. The van der Waals surface area contributed by atoms with Crippen molar-refractivity contribution >= 4 is 29.9 Å². The Morgan fingerprint density at radius 2 is 2.07 bits per heavy atom. The number of benzene rings is 1. The maximum absolute atomic E-state index is 12.3. The predicted molar refractivity (Wildman–Crippen MR) is 119 cm³/mol. The van der Waals surface area contributed by atoms with Gasteiger partial charge in [0.05, 0.1) is 0 Å². The molecular weight excluding hydrogens is 477 g/mol. The van der Waals surface area contributed by atoms with Gasteiger partial charge in [-0.25, -0.2) is 8.78 Å². The molecule has 0 aromatic heterocycles. The number of likely N-dealkylation sites (tertiary alicyclic amines) is 1. The smallest absolute Gasteiger partial charge is 0.272 e. The number of rotatable bonds is 7. The molecule has 5 nitrogen and oxygen atoms in total. The van der Waals surface area contributed by atoms with E-state index in [1.54, 1.807) is 19.2 Å². The first kappa shape index (κ1) is 23.1. The molecule has 1 heterocycles. The Hall–Kier alpha value is -1.16. The number of halogens is 3. The van der Waals surface area contributed by atoms with Crippen LogP contribution in [0.4, 0.5) is 8.78 Å². The maximum Gasteiger partial charge on any atom is 0.272 e. The number of hydrogen-bond donors (Lipinski definition) is 2. The fourth-order valence-electron chi connectivity index (χ4n) is 3.98. The van der Waals surface area contributed by atoms with Crippen LogP contribution in [0.3, 0.4) is 0 Å². The van der Waals surface area contributed by atoms with Crippen LogP contribution in [-0.2, 0) is 6.54 Å². The Kier molecular flexibility index (Phi) is 9.70. The van der Waals surface area contributed by atoms with E-state index in [1.165, 1.54) is 25.7 Å². The fraction of sp³-hybridized carbons (Fsp3) is 0.650. The van der Waals surface area contributed by atoms with Crippen LogP contribution in [-0.4, -0.2) is 56.1 Å². The van der Waals surface area contributed by atoms with E-state index >= 15 is 0 Å². The molecule has 1 saturated carbocycles. The second kappa shape index (κ2) is 11.7. The minimum absolute atomic E-state index is 0. The van der Waals surface area contributed by atoms with Crippen LogP contribution in [0.15, 0.2) is 29.3 Å². The third-order valence-electron chi connectivity index (χ3n) is 5.36. The number of nitrogens with zero attached hydrogens (tertiary/aromatic N) is 2. The summed E-state index contributed by atoms with van der Waals surface area (Å²) in [7, 11) is 1.77. The maximum atomic E-state index is 12.3. The van der Waals surface area contributed by atoms with Crippen molar-refractivity contribution in [2.45, 2.75) is 57.2 Å². The molecule has 158 valence electrons. The third kappa shape index (κ3) is 7.02. The molecule has 1 atom stereocenters. The molecule has 0 radical (unpaired) electrons. The summed E-state index contributed by atoms with van der Waals surface area (Å²) in [5.41, 5.74) is 0.962. The SMILES string of the molecule is CN=C(NCc1cccc(OCC(F)F)c1)NC1CCN(C2CCCC2)C1.I. The van der Waals surface area contributed by atoms with E-state index in [0.29, 0.717) is 18.3 Å². The molecule has 3 rings (SSSR count). The van der Waals surface area contributed by atoms with E-state index in [1.807, 2.05) is 12.1 Å². The Bertz CT molecular complexity index is 626. The second-order valence-corrected chi connectivity index (χ2v) is 7.34. The van der Waals surface area contributed by atoms with Crippen LogP contribution in [0.5, 0.6) is 5.75 Å². The van der Waals surface area contributed by atoms with Gasteiger partial charge in [-0.2, -0.15) is 0 Å². The lowest BCUT2D eigenvalue weighted by atomic mass is 10.2. The highest BCUT2D eigenvalue weighted by Gasteiger charge is 2.30. The Morgan fingerprint density at radius 3 is 2.79 bits per heavy atom. The molecule has 1 aliphatic heterocycles. The molecule has 1 unspecified atom stereocenters. The summed E-state index contributed by atoms with van der Waals surface area (Å²) < 4.78 is 29.6. The van der Waals surface area contributed by atoms with Crippen LogP contribution in [0.25, 0.3) is 0 Å². The van der Waals surface area contributed by atoms with Gasteiger partial charge in [0.15, 0.2) is 5.96 Å². The van der Waals surface area contributed by atoms with Crippen LogP contribution < -0.4 is 15.4 Å². The van der Waals surface area contributed by atoms with Crippen molar-refractivity contribution in [1.82, 2.24) is 15.5 Å². The lowest BCUT2D eigenvalue weighted by molar-refractivity contribution is 0.0818. The molecule has 2 fully saturated rings. The van der Waals surface area contributed by atoms with Crippen molar-refractivity contribution in [2.75, 3.05) is 26.7 Å². The van der Waals surface area contributed by atoms with E-state index in [0.717, 1.165) is 37.1 Å². The van der Waals surface area contributed by atoms with Crippen LogP contribution in [0.1, 0.15) is 37.7 Å². The largest absolute Gasteiger partial charge is 0.488 e.